The molecular formula is C15H17N3O. The third-order valence-corrected chi connectivity index (χ3v) is 3.88. The molecule has 2 aromatic rings. The third-order valence-electron chi connectivity index (χ3n) is 3.88. The van der Waals surface area contributed by atoms with Gasteiger partial charge in [-0.2, -0.15) is 5.10 Å². The van der Waals surface area contributed by atoms with E-state index >= 15 is 0 Å². The molecule has 1 aromatic carbocycles. The average Bonchev–Trinajstić information content (AvgIpc) is 2.48. The lowest BCUT2D eigenvalue weighted by molar-refractivity contribution is -0.111. The zero-order chi connectivity index (χ0) is 13.2. The van der Waals surface area contributed by atoms with Crippen molar-refractivity contribution < 1.29 is 4.79 Å². The molecule has 0 bridgehead atoms. The smallest absolute Gasteiger partial charge is 0.159 e. The Kier molecular flexibility index (Phi) is 3.15. The van der Waals surface area contributed by atoms with Gasteiger partial charge in [0.05, 0.1) is 5.69 Å². The second kappa shape index (κ2) is 4.96. The second-order valence-corrected chi connectivity index (χ2v) is 5.12. The van der Waals surface area contributed by atoms with Crippen LogP contribution >= 0.6 is 0 Å². The lowest BCUT2D eigenvalue weighted by Crippen LogP contribution is -2.35. The fraction of sp³-hybridized carbons (Fsp3) is 0.400. The van der Waals surface area contributed by atoms with E-state index in [1.807, 2.05) is 19.1 Å². The molecule has 1 saturated heterocycles. The lowest BCUT2D eigenvalue weighted by atomic mass is 9.98. The van der Waals surface area contributed by atoms with Gasteiger partial charge >= 0.3 is 0 Å². The molecule has 0 aliphatic carbocycles. The van der Waals surface area contributed by atoms with Crippen LogP contribution < -0.4 is 4.90 Å². The van der Waals surface area contributed by atoms with E-state index in [0.29, 0.717) is 0 Å². The second-order valence-electron chi connectivity index (χ2n) is 5.12. The fourth-order valence-electron chi connectivity index (χ4n) is 2.70. The Bertz CT molecular complexity index is 603. The van der Waals surface area contributed by atoms with E-state index < -0.39 is 0 Å². The molecule has 1 aliphatic heterocycles. The molecule has 98 valence electrons. The van der Waals surface area contributed by atoms with Crippen molar-refractivity contribution in [2.75, 3.05) is 18.0 Å². The van der Waals surface area contributed by atoms with Crippen LogP contribution in [-0.4, -0.2) is 29.6 Å². The van der Waals surface area contributed by atoms with E-state index in [1.54, 1.807) is 0 Å². The van der Waals surface area contributed by atoms with Crippen molar-refractivity contribution in [3.05, 3.63) is 30.0 Å². The highest BCUT2D eigenvalue weighted by Crippen LogP contribution is 2.28. The van der Waals surface area contributed by atoms with Crippen LogP contribution in [0.25, 0.3) is 10.8 Å². The normalized spacial score (nSPS) is 16.8. The Morgan fingerprint density at radius 2 is 1.84 bits per heavy atom. The summed E-state index contributed by atoms with van der Waals surface area (Å²) in [6, 6.07) is 8.24. The summed E-state index contributed by atoms with van der Waals surface area (Å²) in [4.78, 5) is 13.1. The molecule has 1 aromatic heterocycles. The van der Waals surface area contributed by atoms with Crippen LogP contribution in [0.4, 0.5) is 5.82 Å². The molecule has 0 unspecified atom stereocenters. The summed E-state index contributed by atoms with van der Waals surface area (Å²) in [5, 5.41) is 10.9. The maximum atomic E-state index is 10.8. The Morgan fingerprint density at radius 1 is 1.16 bits per heavy atom. The van der Waals surface area contributed by atoms with Crippen LogP contribution in [0, 0.1) is 12.8 Å². The largest absolute Gasteiger partial charge is 0.355 e. The van der Waals surface area contributed by atoms with Crippen molar-refractivity contribution >= 4 is 22.9 Å². The van der Waals surface area contributed by atoms with Gasteiger partial charge in [0.1, 0.15) is 6.29 Å². The van der Waals surface area contributed by atoms with Crippen LogP contribution in [-0.2, 0) is 4.79 Å². The number of carbonyl (C=O) groups excluding carboxylic acids is 1. The monoisotopic (exact) mass is 255 g/mol. The Balaban J connectivity index is 1.97. The number of anilines is 1. The van der Waals surface area contributed by atoms with E-state index in [9.17, 15) is 4.79 Å². The number of hydrogen-bond acceptors (Lipinski definition) is 4. The highest BCUT2D eigenvalue weighted by atomic mass is 16.1. The zero-order valence-electron chi connectivity index (χ0n) is 11.0. The molecular weight excluding hydrogens is 238 g/mol. The minimum absolute atomic E-state index is 0.209. The number of fused-ring (bicyclic) bond motifs is 1. The molecule has 0 amide bonds. The van der Waals surface area contributed by atoms with Crippen LogP contribution in [0.1, 0.15) is 18.5 Å². The van der Waals surface area contributed by atoms with Crippen molar-refractivity contribution in [1.82, 2.24) is 10.2 Å². The number of aryl methyl sites for hydroxylation is 1. The van der Waals surface area contributed by atoms with Gasteiger partial charge in [0.15, 0.2) is 5.82 Å². The van der Waals surface area contributed by atoms with E-state index in [-0.39, 0.29) is 5.92 Å². The molecule has 0 radical (unpaired) electrons. The summed E-state index contributed by atoms with van der Waals surface area (Å²) in [5.41, 5.74) is 0.960. The molecule has 0 spiro atoms. The summed E-state index contributed by atoms with van der Waals surface area (Å²) in [6.45, 7) is 3.74. The molecule has 0 N–H and O–H groups in total. The number of rotatable bonds is 2. The van der Waals surface area contributed by atoms with Crippen molar-refractivity contribution in [1.29, 1.82) is 0 Å². The molecule has 0 saturated carbocycles. The number of hydrogen-bond donors (Lipinski definition) is 0. The quantitative estimate of drug-likeness (QED) is 0.773. The number of nitrogens with zero attached hydrogens (tertiary/aromatic N) is 3. The first-order valence-corrected chi connectivity index (χ1v) is 6.72. The van der Waals surface area contributed by atoms with Gasteiger partial charge in [-0.15, -0.1) is 5.10 Å². The summed E-state index contributed by atoms with van der Waals surface area (Å²) in [7, 11) is 0. The van der Waals surface area contributed by atoms with E-state index in [4.69, 9.17) is 0 Å². The van der Waals surface area contributed by atoms with Gasteiger partial charge in [0.2, 0.25) is 0 Å². The lowest BCUT2D eigenvalue weighted by Gasteiger charge is -2.31. The van der Waals surface area contributed by atoms with Crippen LogP contribution in [0.15, 0.2) is 24.3 Å². The molecule has 19 heavy (non-hydrogen) atoms. The summed E-state index contributed by atoms with van der Waals surface area (Å²) >= 11 is 0. The van der Waals surface area contributed by atoms with Crippen LogP contribution in [0.5, 0.6) is 0 Å². The molecule has 1 aliphatic rings. The predicted octanol–water partition coefficient (Wildman–Crippen LogP) is 2.35. The number of carbonyl (C=O) groups is 1. The SMILES string of the molecule is Cc1nnc(N2CCC(C=O)CC2)c2ccccc12. The van der Waals surface area contributed by atoms with Gasteiger partial charge < -0.3 is 9.69 Å². The average molecular weight is 255 g/mol. The van der Waals surface area contributed by atoms with Gasteiger partial charge in [-0.05, 0) is 19.8 Å². The number of aldehydes is 1. The van der Waals surface area contributed by atoms with Gasteiger partial charge in [0.25, 0.3) is 0 Å². The zero-order valence-corrected chi connectivity index (χ0v) is 11.0. The molecule has 0 atom stereocenters. The van der Waals surface area contributed by atoms with Crippen molar-refractivity contribution in [3.8, 4) is 0 Å². The number of piperidine rings is 1. The van der Waals surface area contributed by atoms with Crippen molar-refractivity contribution in [3.63, 3.8) is 0 Å². The van der Waals surface area contributed by atoms with Crippen molar-refractivity contribution in [2.24, 2.45) is 5.92 Å². The highest BCUT2D eigenvalue weighted by Gasteiger charge is 2.21. The van der Waals surface area contributed by atoms with Crippen LogP contribution in [0.3, 0.4) is 0 Å². The third kappa shape index (κ3) is 2.18. The van der Waals surface area contributed by atoms with Gasteiger partial charge in [-0.1, -0.05) is 24.3 Å². The molecule has 4 nitrogen and oxygen atoms in total. The number of aromatic nitrogens is 2. The first-order valence-electron chi connectivity index (χ1n) is 6.72. The Hall–Kier alpha value is -1.97. The topological polar surface area (TPSA) is 46.1 Å². The van der Waals surface area contributed by atoms with E-state index in [0.717, 1.165) is 54.5 Å². The summed E-state index contributed by atoms with van der Waals surface area (Å²) in [6.07, 6.45) is 2.90. The van der Waals surface area contributed by atoms with E-state index in [2.05, 4.69) is 27.2 Å². The maximum Gasteiger partial charge on any atom is 0.159 e. The molecule has 3 rings (SSSR count). The van der Waals surface area contributed by atoms with Gasteiger partial charge in [-0.25, -0.2) is 0 Å². The predicted molar refractivity (Wildman–Crippen MR) is 75.3 cm³/mol. The van der Waals surface area contributed by atoms with Gasteiger partial charge in [0, 0.05) is 29.8 Å². The summed E-state index contributed by atoms with van der Waals surface area (Å²) < 4.78 is 0. The Morgan fingerprint density at radius 3 is 2.53 bits per heavy atom. The molecule has 1 fully saturated rings. The maximum absolute atomic E-state index is 10.8. The van der Waals surface area contributed by atoms with Gasteiger partial charge in [-0.3, -0.25) is 0 Å². The van der Waals surface area contributed by atoms with Crippen LogP contribution in [0.2, 0.25) is 0 Å². The standard InChI is InChI=1S/C15H17N3O/c1-11-13-4-2-3-5-14(13)15(17-16-11)18-8-6-12(10-19)7-9-18/h2-5,10,12H,6-9H2,1H3. The summed E-state index contributed by atoms with van der Waals surface area (Å²) in [5.74, 6) is 1.16. The first-order chi connectivity index (χ1) is 9.29. The minimum Gasteiger partial charge on any atom is -0.355 e. The Labute approximate surface area is 112 Å². The molecule has 2 heterocycles. The van der Waals surface area contributed by atoms with E-state index in [1.165, 1.54) is 0 Å². The minimum atomic E-state index is 0.209. The highest BCUT2D eigenvalue weighted by molar-refractivity contribution is 5.93. The first kappa shape index (κ1) is 12.1. The fourth-order valence-corrected chi connectivity index (χ4v) is 2.70. The number of benzene rings is 1. The molecule has 4 heteroatoms. The van der Waals surface area contributed by atoms with Crippen molar-refractivity contribution in [2.45, 2.75) is 19.8 Å².